The Bertz CT molecular complexity index is 164. The lowest BCUT2D eigenvalue weighted by Crippen LogP contribution is -2.38. The highest BCUT2D eigenvalue weighted by atomic mass is 32.2. The predicted octanol–water partition coefficient (Wildman–Crippen LogP) is 1.26. The molecule has 0 bridgehead atoms. The van der Waals surface area contributed by atoms with Crippen LogP contribution in [-0.4, -0.2) is 35.7 Å². The Morgan fingerprint density at radius 1 is 1.50 bits per heavy atom. The molecule has 3 nitrogen and oxygen atoms in total. The Balaban J connectivity index is 3.60. The van der Waals surface area contributed by atoms with Gasteiger partial charge in [-0.15, -0.1) is 0 Å². The van der Waals surface area contributed by atoms with Crippen molar-refractivity contribution in [2.75, 3.05) is 18.6 Å². The molecule has 0 spiro atoms. The largest absolute Gasteiger partial charge is 0.396 e. The first kappa shape index (κ1) is 13.8. The maximum Gasteiger partial charge on any atom is 0.220 e. The molecule has 0 saturated carbocycles. The fourth-order valence-electron chi connectivity index (χ4n) is 1.00. The number of nitrogens with one attached hydrogen (secondary N) is 1. The Morgan fingerprint density at radius 2 is 2.14 bits per heavy atom. The van der Waals surface area contributed by atoms with E-state index in [0.717, 1.165) is 12.2 Å². The van der Waals surface area contributed by atoms with Gasteiger partial charge >= 0.3 is 0 Å². The van der Waals surface area contributed by atoms with Gasteiger partial charge in [0.25, 0.3) is 0 Å². The third-order valence-corrected chi connectivity index (χ3v) is 2.98. The van der Waals surface area contributed by atoms with Crippen LogP contribution in [0.2, 0.25) is 0 Å². The molecule has 0 aliphatic heterocycles. The summed E-state index contributed by atoms with van der Waals surface area (Å²) in [5.74, 6) is 1.24. The summed E-state index contributed by atoms with van der Waals surface area (Å²) >= 11 is 1.75. The normalized spacial score (nSPS) is 14.9. The van der Waals surface area contributed by atoms with Gasteiger partial charge in [-0.1, -0.05) is 6.92 Å². The van der Waals surface area contributed by atoms with Crippen LogP contribution in [0, 0.1) is 5.92 Å². The molecule has 0 aliphatic rings. The topological polar surface area (TPSA) is 49.3 Å². The van der Waals surface area contributed by atoms with E-state index in [1.165, 1.54) is 0 Å². The SMILES string of the molecule is CSCCCC(=O)NC(C)C(C)CO. The first-order valence-corrected chi connectivity index (χ1v) is 6.40. The van der Waals surface area contributed by atoms with Crippen LogP contribution >= 0.6 is 11.8 Å². The summed E-state index contributed by atoms with van der Waals surface area (Å²) in [5, 5.41) is 11.8. The second kappa shape index (κ2) is 8.12. The average Bonchev–Trinajstić information content (AvgIpc) is 2.16. The molecule has 2 unspecified atom stereocenters. The first-order valence-electron chi connectivity index (χ1n) is 5.01. The van der Waals surface area contributed by atoms with Gasteiger partial charge in [-0.25, -0.2) is 0 Å². The third kappa shape index (κ3) is 6.27. The number of amides is 1. The second-order valence-corrected chi connectivity index (χ2v) is 4.60. The molecule has 0 aromatic heterocycles. The van der Waals surface area contributed by atoms with Crippen LogP contribution in [0.25, 0.3) is 0 Å². The number of carbonyl (C=O) groups excluding carboxylic acids is 1. The Hall–Kier alpha value is -0.220. The van der Waals surface area contributed by atoms with Crippen molar-refractivity contribution in [3.05, 3.63) is 0 Å². The highest BCUT2D eigenvalue weighted by Gasteiger charge is 2.13. The molecule has 14 heavy (non-hydrogen) atoms. The van der Waals surface area contributed by atoms with Crippen molar-refractivity contribution in [1.82, 2.24) is 5.32 Å². The molecule has 0 aromatic carbocycles. The van der Waals surface area contributed by atoms with Gasteiger partial charge < -0.3 is 10.4 Å². The summed E-state index contributed by atoms with van der Waals surface area (Å²) < 4.78 is 0. The fraction of sp³-hybridized carbons (Fsp3) is 0.900. The van der Waals surface area contributed by atoms with Gasteiger partial charge in [0.15, 0.2) is 0 Å². The van der Waals surface area contributed by atoms with Gasteiger partial charge in [0, 0.05) is 19.1 Å². The van der Waals surface area contributed by atoms with Gasteiger partial charge in [-0.2, -0.15) is 11.8 Å². The van der Waals surface area contributed by atoms with Gasteiger partial charge in [0.05, 0.1) is 0 Å². The summed E-state index contributed by atoms with van der Waals surface area (Å²) in [4.78, 5) is 11.3. The molecule has 1 amide bonds. The third-order valence-electron chi connectivity index (χ3n) is 2.28. The minimum atomic E-state index is 0.0572. The van der Waals surface area contributed by atoms with Crippen LogP contribution in [0.15, 0.2) is 0 Å². The minimum Gasteiger partial charge on any atom is -0.396 e. The monoisotopic (exact) mass is 219 g/mol. The van der Waals surface area contributed by atoms with E-state index in [1.807, 2.05) is 20.1 Å². The van der Waals surface area contributed by atoms with Gasteiger partial charge in [0.1, 0.15) is 0 Å². The van der Waals surface area contributed by atoms with Crippen molar-refractivity contribution < 1.29 is 9.90 Å². The van der Waals surface area contributed by atoms with Crippen molar-refractivity contribution >= 4 is 17.7 Å². The quantitative estimate of drug-likeness (QED) is 0.634. The van der Waals surface area contributed by atoms with Crippen LogP contribution in [0.3, 0.4) is 0 Å². The van der Waals surface area contributed by atoms with E-state index < -0.39 is 0 Å². The van der Waals surface area contributed by atoms with Crippen LogP contribution in [-0.2, 0) is 4.79 Å². The lowest BCUT2D eigenvalue weighted by Gasteiger charge is -2.19. The van der Waals surface area contributed by atoms with Crippen molar-refractivity contribution in [2.24, 2.45) is 5.92 Å². The van der Waals surface area contributed by atoms with Crippen LogP contribution in [0.5, 0.6) is 0 Å². The van der Waals surface area contributed by atoms with E-state index in [2.05, 4.69) is 5.32 Å². The summed E-state index contributed by atoms with van der Waals surface area (Å²) in [6.07, 6.45) is 3.55. The van der Waals surface area contributed by atoms with E-state index in [-0.39, 0.29) is 24.5 Å². The molecule has 84 valence electrons. The fourth-order valence-corrected chi connectivity index (χ4v) is 1.44. The molecule has 0 fully saturated rings. The number of carbonyl (C=O) groups is 1. The standard InChI is InChI=1S/C10H21NO2S/c1-8(7-12)9(2)11-10(13)5-4-6-14-3/h8-9,12H,4-7H2,1-3H3,(H,11,13). The van der Waals surface area contributed by atoms with Crippen molar-refractivity contribution in [2.45, 2.75) is 32.7 Å². The van der Waals surface area contributed by atoms with E-state index in [9.17, 15) is 4.79 Å². The van der Waals surface area contributed by atoms with Crippen LogP contribution in [0.1, 0.15) is 26.7 Å². The number of thioether (sulfide) groups is 1. The van der Waals surface area contributed by atoms with Crippen molar-refractivity contribution in [3.63, 3.8) is 0 Å². The minimum absolute atomic E-state index is 0.0572. The Morgan fingerprint density at radius 3 is 2.64 bits per heavy atom. The molecule has 0 saturated heterocycles. The van der Waals surface area contributed by atoms with Gasteiger partial charge in [-0.3, -0.25) is 4.79 Å². The van der Waals surface area contributed by atoms with E-state index >= 15 is 0 Å². The summed E-state index contributed by atoms with van der Waals surface area (Å²) in [6.45, 7) is 3.96. The first-order chi connectivity index (χ1) is 6.61. The Kier molecular flexibility index (Phi) is 7.99. The average molecular weight is 219 g/mol. The zero-order valence-electron chi connectivity index (χ0n) is 9.25. The molecule has 0 aromatic rings. The summed E-state index contributed by atoms with van der Waals surface area (Å²) in [7, 11) is 0. The highest BCUT2D eigenvalue weighted by molar-refractivity contribution is 7.98. The van der Waals surface area contributed by atoms with E-state index in [0.29, 0.717) is 6.42 Å². The molecule has 2 atom stereocenters. The molecule has 2 N–H and O–H groups in total. The van der Waals surface area contributed by atoms with Crippen molar-refractivity contribution in [1.29, 1.82) is 0 Å². The maximum absolute atomic E-state index is 11.3. The molecule has 0 aliphatic carbocycles. The van der Waals surface area contributed by atoms with E-state index in [1.54, 1.807) is 11.8 Å². The highest BCUT2D eigenvalue weighted by Crippen LogP contribution is 2.03. The van der Waals surface area contributed by atoms with Crippen molar-refractivity contribution in [3.8, 4) is 0 Å². The molecular formula is C10H21NO2S. The number of hydrogen-bond donors (Lipinski definition) is 2. The number of aliphatic hydroxyl groups excluding tert-OH is 1. The lowest BCUT2D eigenvalue weighted by atomic mass is 10.1. The van der Waals surface area contributed by atoms with Gasteiger partial charge in [-0.05, 0) is 31.3 Å². The Labute approximate surface area is 90.7 Å². The maximum atomic E-state index is 11.3. The molecule has 0 radical (unpaired) electrons. The molecule has 0 rings (SSSR count). The molecule has 4 heteroatoms. The molecule has 0 heterocycles. The number of hydrogen-bond acceptors (Lipinski definition) is 3. The zero-order chi connectivity index (χ0) is 11.0. The van der Waals surface area contributed by atoms with E-state index in [4.69, 9.17) is 5.11 Å². The predicted molar refractivity (Wildman–Crippen MR) is 61.5 cm³/mol. The van der Waals surface area contributed by atoms with Crippen LogP contribution < -0.4 is 5.32 Å². The number of aliphatic hydroxyl groups is 1. The molecular weight excluding hydrogens is 198 g/mol. The van der Waals surface area contributed by atoms with Gasteiger partial charge in [0.2, 0.25) is 5.91 Å². The summed E-state index contributed by atoms with van der Waals surface area (Å²) in [6, 6.07) is 0.0572. The number of rotatable bonds is 7. The van der Waals surface area contributed by atoms with Crippen LogP contribution in [0.4, 0.5) is 0 Å². The smallest absolute Gasteiger partial charge is 0.220 e. The second-order valence-electron chi connectivity index (χ2n) is 3.61. The zero-order valence-corrected chi connectivity index (χ0v) is 10.1. The summed E-state index contributed by atoms with van der Waals surface area (Å²) in [5.41, 5.74) is 0. The lowest BCUT2D eigenvalue weighted by molar-refractivity contribution is -0.122.